The highest BCUT2D eigenvalue weighted by atomic mass is 14.8. The van der Waals surface area contributed by atoms with Crippen LogP contribution in [0.4, 0.5) is 0 Å². The third kappa shape index (κ3) is 4.67. The summed E-state index contributed by atoms with van der Waals surface area (Å²) in [6.45, 7) is 6.20. The van der Waals surface area contributed by atoms with Gasteiger partial charge in [-0.25, -0.2) is 0 Å². The Balaban J connectivity index is 2.02. The average molecular weight is 278 g/mol. The fourth-order valence-electron chi connectivity index (χ4n) is 2.18. The second-order valence-corrected chi connectivity index (χ2v) is 5.22. The molecule has 0 fully saturated rings. The fourth-order valence-corrected chi connectivity index (χ4v) is 2.18. The predicted molar refractivity (Wildman–Crippen MR) is 91.3 cm³/mol. The summed E-state index contributed by atoms with van der Waals surface area (Å²) in [5.74, 6) is 0. The van der Waals surface area contributed by atoms with Crippen molar-refractivity contribution < 1.29 is 0 Å². The Morgan fingerprint density at radius 3 is 1.81 bits per heavy atom. The van der Waals surface area contributed by atoms with Gasteiger partial charge in [-0.2, -0.15) is 0 Å². The first kappa shape index (κ1) is 15.2. The van der Waals surface area contributed by atoms with Gasteiger partial charge in [-0.3, -0.25) is 9.98 Å². The van der Waals surface area contributed by atoms with Crippen molar-refractivity contribution in [3.05, 3.63) is 71.8 Å². The highest BCUT2D eigenvalue weighted by molar-refractivity contribution is 6.29. The zero-order chi connectivity index (χ0) is 15.1. The number of nitrogens with zero attached hydrogens (tertiary/aromatic N) is 2. The van der Waals surface area contributed by atoms with Crippen molar-refractivity contribution in [1.82, 2.24) is 0 Å². The summed E-state index contributed by atoms with van der Waals surface area (Å²) >= 11 is 0. The van der Waals surface area contributed by atoms with Gasteiger partial charge in [0, 0.05) is 6.21 Å². The molecule has 0 aliphatic heterocycles. The summed E-state index contributed by atoms with van der Waals surface area (Å²) in [4.78, 5) is 9.27. The molecule has 0 saturated heterocycles. The maximum atomic E-state index is 4.68. The van der Waals surface area contributed by atoms with E-state index in [1.165, 1.54) is 11.1 Å². The van der Waals surface area contributed by atoms with Crippen LogP contribution in [0.15, 0.2) is 70.6 Å². The van der Waals surface area contributed by atoms with Crippen LogP contribution in [-0.4, -0.2) is 11.9 Å². The molecule has 0 aliphatic rings. The molecule has 2 unspecified atom stereocenters. The second kappa shape index (κ2) is 7.53. The van der Waals surface area contributed by atoms with Crippen LogP contribution >= 0.6 is 0 Å². The van der Waals surface area contributed by atoms with Crippen molar-refractivity contribution >= 4 is 11.9 Å². The van der Waals surface area contributed by atoms with E-state index in [0.29, 0.717) is 0 Å². The van der Waals surface area contributed by atoms with Crippen LogP contribution in [0.3, 0.4) is 0 Å². The van der Waals surface area contributed by atoms with Crippen LogP contribution in [0.25, 0.3) is 0 Å². The van der Waals surface area contributed by atoms with E-state index in [-0.39, 0.29) is 12.1 Å². The van der Waals surface area contributed by atoms with E-state index in [4.69, 9.17) is 0 Å². The summed E-state index contributed by atoms with van der Waals surface area (Å²) in [5.41, 5.74) is 3.40. The van der Waals surface area contributed by atoms with Crippen LogP contribution in [0, 0.1) is 0 Å². The monoisotopic (exact) mass is 278 g/mol. The number of benzene rings is 2. The summed E-state index contributed by atoms with van der Waals surface area (Å²) in [6, 6.07) is 20.9. The number of hydrogen-bond acceptors (Lipinski definition) is 2. The molecule has 2 rings (SSSR count). The average Bonchev–Trinajstić information content (AvgIpc) is 2.54. The lowest BCUT2D eigenvalue weighted by Gasteiger charge is -2.08. The van der Waals surface area contributed by atoms with Crippen LogP contribution < -0.4 is 0 Å². The van der Waals surface area contributed by atoms with Gasteiger partial charge in [-0.15, -0.1) is 0 Å². The SMILES string of the molecule is CC(C=NC(C)c1ccccc1)=NC(C)c1ccccc1. The molecule has 0 heterocycles. The lowest BCUT2D eigenvalue weighted by atomic mass is 10.1. The second-order valence-electron chi connectivity index (χ2n) is 5.22. The summed E-state index contributed by atoms with van der Waals surface area (Å²) in [7, 11) is 0. The lowest BCUT2D eigenvalue weighted by molar-refractivity contribution is 0.816. The molecule has 0 N–H and O–H groups in total. The van der Waals surface area contributed by atoms with Crippen molar-refractivity contribution in [2.45, 2.75) is 32.9 Å². The summed E-state index contributed by atoms with van der Waals surface area (Å²) < 4.78 is 0. The van der Waals surface area contributed by atoms with Gasteiger partial charge in [-0.1, -0.05) is 60.7 Å². The van der Waals surface area contributed by atoms with E-state index in [2.05, 4.69) is 48.1 Å². The minimum Gasteiger partial charge on any atom is -0.284 e. The number of hydrogen-bond donors (Lipinski definition) is 0. The molecular formula is C19H22N2. The van der Waals surface area contributed by atoms with Crippen LogP contribution in [-0.2, 0) is 0 Å². The largest absolute Gasteiger partial charge is 0.284 e. The Morgan fingerprint density at radius 2 is 1.29 bits per heavy atom. The zero-order valence-corrected chi connectivity index (χ0v) is 12.9. The van der Waals surface area contributed by atoms with E-state index >= 15 is 0 Å². The standard InChI is InChI=1S/C19H22N2/c1-15(21-17(3)19-12-8-5-9-13-19)14-20-16(2)18-10-6-4-7-11-18/h4-14,16-17H,1-3H3. The molecule has 2 aromatic rings. The van der Waals surface area contributed by atoms with E-state index in [0.717, 1.165) is 5.71 Å². The molecule has 0 radical (unpaired) electrons. The van der Waals surface area contributed by atoms with Gasteiger partial charge in [-0.05, 0) is 31.9 Å². The maximum Gasteiger partial charge on any atom is 0.0724 e. The Kier molecular flexibility index (Phi) is 5.44. The summed E-state index contributed by atoms with van der Waals surface area (Å²) in [5, 5.41) is 0. The first-order valence-corrected chi connectivity index (χ1v) is 7.34. The highest BCUT2D eigenvalue weighted by Gasteiger charge is 2.03. The van der Waals surface area contributed by atoms with Crippen molar-refractivity contribution in [3.63, 3.8) is 0 Å². The quantitative estimate of drug-likeness (QED) is 0.684. The van der Waals surface area contributed by atoms with Gasteiger partial charge in [0.2, 0.25) is 0 Å². The first-order valence-electron chi connectivity index (χ1n) is 7.34. The van der Waals surface area contributed by atoms with Crippen molar-refractivity contribution in [2.75, 3.05) is 0 Å². The fraction of sp³-hybridized carbons (Fsp3) is 0.263. The molecule has 0 saturated carbocycles. The minimum atomic E-state index is 0.156. The van der Waals surface area contributed by atoms with Gasteiger partial charge in [0.25, 0.3) is 0 Å². The molecule has 2 heteroatoms. The molecule has 2 atom stereocenters. The molecule has 108 valence electrons. The zero-order valence-electron chi connectivity index (χ0n) is 12.9. The molecule has 0 aromatic heterocycles. The topological polar surface area (TPSA) is 24.7 Å². The van der Waals surface area contributed by atoms with Crippen LogP contribution in [0.1, 0.15) is 44.0 Å². The molecule has 2 nitrogen and oxygen atoms in total. The van der Waals surface area contributed by atoms with Gasteiger partial charge < -0.3 is 0 Å². The maximum absolute atomic E-state index is 4.68. The Labute approximate surface area is 127 Å². The van der Waals surface area contributed by atoms with E-state index < -0.39 is 0 Å². The minimum absolute atomic E-state index is 0.156. The van der Waals surface area contributed by atoms with Gasteiger partial charge >= 0.3 is 0 Å². The van der Waals surface area contributed by atoms with Gasteiger partial charge in [0.05, 0.1) is 17.8 Å². The summed E-state index contributed by atoms with van der Waals surface area (Å²) in [6.07, 6.45) is 1.87. The first-order chi connectivity index (χ1) is 10.2. The molecular weight excluding hydrogens is 256 g/mol. The Hall–Kier alpha value is -2.22. The van der Waals surface area contributed by atoms with Gasteiger partial charge in [0.15, 0.2) is 0 Å². The van der Waals surface area contributed by atoms with Gasteiger partial charge in [0.1, 0.15) is 0 Å². The van der Waals surface area contributed by atoms with E-state index in [9.17, 15) is 0 Å². The number of rotatable bonds is 5. The van der Waals surface area contributed by atoms with Crippen molar-refractivity contribution in [2.24, 2.45) is 9.98 Å². The predicted octanol–water partition coefficient (Wildman–Crippen LogP) is 5.04. The smallest absolute Gasteiger partial charge is 0.0724 e. The molecule has 0 bridgehead atoms. The number of aliphatic imine (C=N–C) groups is 2. The van der Waals surface area contributed by atoms with Crippen LogP contribution in [0.2, 0.25) is 0 Å². The third-order valence-corrected chi connectivity index (χ3v) is 3.45. The third-order valence-electron chi connectivity index (χ3n) is 3.45. The Morgan fingerprint density at radius 1 is 0.810 bits per heavy atom. The molecule has 2 aromatic carbocycles. The lowest BCUT2D eigenvalue weighted by Crippen LogP contribution is -2.00. The molecule has 0 amide bonds. The molecule has 0 aliphatic carbocycles. The highest BCUT2D eigenvalue weighted by Crippen LogP contribution is 2.17. The molecule has 0 spiro atoms. The van der Waals surface area contributed by atoms with Crippen LogP contribution in [0.5, 0.6) is 0 Å². The normalized spacial score (nSPS) is 15.1. The van der Waals surface area contributed by atoms with E-state index in [1.807, 2.05) is 49.5 Å². The van der Waals surface area contributed by atoms with E-state index in [1.54, 1.807) is 0 Å². The van der Waals surface area contributed by atoms with Crippen molar-refractivity contribution in [1.29, 1.82) is 0 Å². The Bertz CT molecular complexity index is 600. The van der Waals surface area contributed by atoms with Crippen molar-refractivity contribution in [3.8, 4) is 0 Å². The molecule has 21 heavy (non-hydrogen) atoms.